The molecule has 0 unspecified atom stereocenters. The van der Waals surface area contributed by atoms with Gasteiger partial charge in [0.2, 0.25) is 0 Å². The van der Waals surface area contributed by atoms with Crippen molar-refractivity contribution in [2.45, 2.75) is 26.7 Å². The molecular weight excluding hydrogens is 250 g/mol. The van der Waals surface area contributed by atoms with Gasteiger partial charge < -0.3 is 4.74 Å². The van der Waals surface area contributed by atoms with Gasteiger partial charge in [0.15, 0.2) is 0 Å². The highest BCUT2D eigenvalue weighted by atomic mass is 16.5. The number of carbonyl (C=O) groups excluding carboxylic acids is 1. The van der Waals surface area contributed by atoms with Gasteiger partial charge in [-0.05, 0) is 30.5 Å². The van der Waals surface area contributed by atoms with E-state index in [2.05, 4.69) is 11.9 Å². The number of ketones is 1. The van der Waals surface area contributed by atoms with Crippen LogP contribution in [0, 0.1) is 0 Å². The van der Waals surface area contributed by atoms with Crippen LogP contribution in [0.15, 0.2) is 42.7 Å². The number of Topliss-reactive ketones (excluding diaryl/α,β-unsaturated/α-hetero) is 1. The molecule has 1 aromatic heterocycles. The van der Waals surface area contributed by atoms with Crippen molar-refractivity contribution in [2.24, 2.45) is 0 Å². The van der Waals surface area contributed by atoms with E-state index in [0.717, 1.165) is 28.9 Å². The van der Waals surface area contributed by atoms with E-state index in [1.165, 1.54) is 0 Å². The molecule has 0 radical (unpaired) electrons. The number of carbonyl (C=O) groups is 1. The Morgan fingerprint density at radius 1 is 1.15 bits per heavy atom. The van der Waals surface area contributed by atoms with E-state index in [1.54, 1.807) is 13.1 Å². The second-order valence-electron chi connectivity index (χ2n) is 4.83. The molecule has 20 heavy (non-hydrogen) atoms. The van der Waals surface area contributed by atoms with Gasteiger partial charge in [-0.2, -0.15) is 0 Å². The van der Waals surface area contributed by atoms with Gasteiger partial charge in [-0.15, -0.1) is 0 Å². The number of rotatable bonds is 6. The van der Waals surface area contributed by atoms with E-state index in [-0.39, 0.29) is 5.78 Å². The fraction of sp³-hybridized carbons (Fsp3) is 0.294. The standard InChI is InChI=1S/C17H19NO2/c1-3-8-20-17-10-16(11-18-12-17)15-6-4-14(5-7-15)9-13(2)19/h4-7,10-12H,3,8-9H2,1-2H3. The molecule has 3 heteroatoms. The summed E-state index contributed by atoms with van der Waals surface area (Å²) in [4.78, 5) is 15.3. The molecule has 0 N–H and O–H groups in total. The van der Waals surface area contributed by atoms with Gasteiger partial charge >= 0.3 is 0 Å². The lowest BCUT2D eigenvalue weighted by molar-refractivity contribution is -0.116. The highest BCUT2D eigenvalue weighted by Crippen LogP contribution is 2.23. The van der Waals surface area contributed by atoms with Gasteiger partial charge in [-0.25, -0.2) is 0 Å². The molecule has 0 aliphatic rings. The number of nitrogens with zero attached hydrogens (tertiary/aromatic N) is 1. The van der Waals surface area contributed by atoms with Crippen molar-refractivity contribution in [3.05, 3.63) is 48.3 Å². The minimum Gasteiger partial charge on any atom is -0.492 e. The summed E-state index contributed by atoms with van der Waals surface area (Å²) in [5.41, 5.74) is 3.13. The number of ether oxygens (including phenoxy) is 1. The molecule has 1 heterocycles. The van der Waals surface area contributed by atoms with Crippen LogP contribution in [0.1, 0.15) is 25.8 Å². The molecule has 0 atom stereocenters. The molecule has 0 amide bonds. The van der Waals surface area contributed by atoms with Crippen LogP contribution >= 0.6 is 0 Å². The van der Waals surface area contributed by atoms with Crippen LogP contribution in [0.2, 0.25) is 0 Å². The Hall–Kier alpha value is -2.16. The smallest absolute Gasteiger partial charge is 0.138 e. The van der Waals surface area contributed by atoms with Crippen molar-refractivity contribution in [3.63, 3.8) is 0 Å². The van der Waals surface area contributed by atoms with Gasteiger partial charge in [0.25, 0.3) is 0 Å². The molecule has 1 aromatic carbocycles. The van der Waals surface area contributed by atoms with Crippen LogP contribution < -0.4 is 4.74 Å². The maximum Gasteiger partial charge on any atom is 0.138 e. The largest absolute Gasteiger partial charge is 0.492 e. The maximum absolute atomic E-state index is 11.1. The molecule has 0 aliphatic carbocycles. The van der Waals surface area contributed by atoms with Crippen LogP contribution in [-0.4, -0.2) is 17.4 Å². The van der Waals surface area contributed by atoms with Crippen molar-refractivity contribution in [1.29, 1.82) is 0 Å². The van der Waals surface area contributed by atoms with E-state index >= 15 is 0 Å². The van der Waals surface area contributed by atoms with Gasteiger partial charge in [0.1, 0.15) is 11.5 Å². The summed E-state index contributed by atoms with van der Waals surface area (Å²) >= 11 is 0. The van der Waals surface area contributed by atoms with Crippen LogP contribution in [0.5, 0.6) is 5.75 Å². The maximum atomic E-state index is 11.1. The summed E-state index contributed by atoms with van der Waals surface area (Å²) < 4.78 is 5.59. The molecular formula is C17H19NO2. The highest BCUT2D eigenvalue weighted by Gasteiger charge is 2.02. The lowest BCUT2D eigenvalue weighted by atomic mass is 10.0. The van der Waals surface area contributed by atoms with Crippen molar-refractivity contribution < 1.29 is 9.53 Å². The first-order valence-corrected chi connectivity index (χ1v) is 6.85. The number of hydrogen-bond acceptors (Lipinski definition) is 3. The molecule has 3 nitrogen and oxygen atoms in total. The van der Waals surface area contributed by atoms with Gasteiger partial charge in [-0.3, -0.25) is 9.78 Å². The third kappa shape index (κ3) is 3.92. The number of benzene rings is 1. The Kier molecular flexibility index (Phi) is 4.88. The quantitative estimate of drug-likeness (QED) is 0.803. The predicted octanol–water partition coefficient (Wildman–Crippen LogP) is 3.67. The van der Waals surface area contributed by atoms with E-state index in [1.807, 2.05) is 36.5 Å². The Bertz CT molecular complexity index is 576. The second-order valence-corrected chi connectivity index (χ2v) is 4.83. The number of hydrogen-bond donors (Lipinski definition) is 0. The van der Waals surface area contributed by atoms with E-state index in [4.69, 9.17) is 4.74 Å². The zero-order valence-electron chi connectivity index (χ0n) is 11.9. The molecule has 0 bridgehead atoms. The van der Waals surface area contributed by atoms with Crippen molar-refractivity contribution in [1.82, 2.24) is 4.98 Å². The highest BCUT2D eigenvalue weighted by molar-refractivity contribution is 5.78. The third-order valence-corrected chi connectivity index (χ3v) is 2.93. The zero-order chi connectivity index (χ0) is 14.4. The summed E-state index contributed by atoms with van der Waals surface area (Å²) in [5, 5.41) is 0. The summed E-state index contributed by atoms with van der Waals surface area (Å²) in [6.45, 7) is 4.38. The summed E-state index contributed by atoms with van der Waals surface area (Å²) in [7, 11) is 0. The average Bonchev–Trinajstić information content (AvgIpc) is 2.45. The first-order chi connectivity index (χ1) is 9.69. The average molecular weight is 269 g/mol. The SMILES string of the molecule is CCCOc1cncc(-c2ccc(CC(C)=O)cc2)c1. The summed E-state index contributed by atoms with van der Waals surface area (Å²) in [5.74, 6) is 0.964. The minimum absolute atomic E-state index is 0.175. The first-order valence-electron chi connectivity index (χ1n) is 6.85. The molecule has 0 fully saturated rings. The van der Waals surface area contributed by atoms with Gasteiger partial charge in [0, 0.05) is 18.2 Å². The Morgan fingerprint density at radius 3 is 2.55 bits per heavy atom. The second kappa shape index (κ2) is 6.85. The van der Waals surface area contributed by atoms with Crippen LogP contribution in [0.25, 0.3) is 11.1 Å². The van der Waals surface area contributed by atoms with Crippen molar-refractivity contribution in [3.8, 4) is 16.9 Å². The molecule has 0 aliphatic heterocycles. The molecule has 2 rings (SSSR count). The molecule has 0 saturated heterocycles. The molecule has 104 valence electrons. The van der Waals surface area contributed by atoms with Crippen molar-refractivity contribution in [2.75, 3.05) is 6.61 Å². The predicted molar refractivity (Wildman–Crippen MR) is 79.8 cm³/mol. The van der Waals surface area contributed by atoms with Crippen LogP contribution in [0.4, 0.5) is 0 Å². The molecule has 2 aromatic rings. The number of aromatic nitrogens is 1. The summed E-state index contributed by atoms with van der Waals surface area (Å²) in [6.07, 6.45) is 5.00. The van der Waals surface area contributed by atoms with Crippen molar-refractivity contribution >= 4 is 5.78 Å². The third-order valence-electron chi connectivity index (χ3n) is 2.93. The first kappa shape index (κ1) is 14.3. The topological polar surface area (TPSA) is 39.2 Å². The molecule has 0 spiro atoms. The number of pyridine rings is 1. The fourth-order valence-corrected chi connectivity index (χ4v) is 1.98. The zero-order valence-corrected chi connectivity index (χ0v) is 11.9. The van der Waals surface area contributed by atoms with E-state index in [9.17, 15) is 4.79 Å². The van der Waals surface area contributed by atoms with Crippen LogP contribution in [-0.2, 0) is 11.2 Å². The normalized spacial score (nSPS) is 10.3. The summed E-state index contributed by atoms with van der Waals surface area (Å²) in [6, 6.07) is 9.98. The Balaban J connectivity index is 2.16. The Morgan fingerprint density at radius 2 is 1.90 bits per heavy atom. The monoisotopic (exact) mass is 269 g/mol. The van der Waals surface area contributed by atoms with Gasteiger partial charge in [0.05, 0.1) is 12.8 Å². The lowest BCUT2D eigenvalue weighted by Gasteiger charge is -2.07. The van der Waals surface area contributed by atoms with E-state index < -0.39 is 0 Å². The Labute approximate surface area is 119 Å². The van der Waals surface area contributed by atoms with E-state index in [0.29, 0.717) is 13.0 Å². The lowest BCUT2D eigenvalue weighted by Crippen LogP contribution is -1.96. The fourth-order valence-electron chi connectivity index (χ4n) is 1.98. The van der Waals surface area contributed by atoms with Crippen LogP contribution in [0.3, 0.4) is 0 Å². The van der Waals surface area contributed by atoms with Gasteiger partial charge in [-0.1, -0.05) is 31.2 Å². The molecule has 0 saturated carbocycles. The minimum atomic E-state index is 0.175.